The first-order chi connectivity index (χ1) is 16.1. The summed E-state index contributed by atoms with van der Waals surface area (Å²) in [5.41, 5.74) is -1.21. The van der Waals surface area contributed by atoms with Crippen LogP contribution in [-0.4, -0.2) is 49.0 Å². The fourth-order valence-corrected chi connectivity index (χ4v) is 5.22. The Morgan fingerprint density at radius 2 is 1.88 bits per heavy atom. The fourth-order valence-electron chi connectivity index (χ4n) is 4.03. The molecule has 7 nitrogen and oxygen atoms in total. The summed E-state index contributed by atoms with van der Waals surface area (Å²) in [5.74, 6) is -0.756. The van der Waals surface area contributed by atoms with Crippen LogP contribution in [0.3, 0.4) is 0 Å². The molecule has 1 aromatic heterocycles. The van der Waals surface area contributed by atoms with Crippen molar-refractivity contribution in [1.29, 1.82) is 0 Å². The van der Waals surface area contributed by atoms with Crippen LogP contribution in [0.15, 0.2) is 36.4 Å². The van der Waals surface area contributed by atoms with Gasteiger partial charge in [-0.1, -0.05) is 6.07 Å². The lowest BCUT2D eigenvalue weighted by molar-refractivity contribution is -0.384. The maximum absolute atomic E-state index is 14.4. The van der Waals surface area contributed by atoms with Gasteiger partial charge >= 0.3 is 6.18 Å². The third-order valence-electron chi connectivity index (χ3n) is 5.65. The molecule has 1 aliphatic rings. The van der Waals surface area contributed by atoms with Crippen molar-refractivity contribution in [3.63, 3.8) is 0 Å². The van der Waals surface area contributed by atoms with Gasteiger partial charge in [0, 0.05) is 55.0 Å². The standard InChI is InChI=1S/C22H19F4N3O4S/c1-33-12-14-19-15(23)3-2-4-18(19)34-20(14)21(30)28-9-7-27(8-10-28)16-6-5-13(22(24,25)26)11-17(16)29(31)32/h2-6,11H,7-10,12H2,1H3. The Morgan fingerprint density at radius 1 is 1.18 bits per heavy atom. The number of hydrogen-bond donors (Lipinski definition) is 0. The third kappa shape index (κ3) is 4.42. The molecular formula is C22H19F4N3O4S. The molecule has 0 atom stereocenters. The number of methoxy groups -OCH3 is 1. The molecule has 12 heteroatoms. The second-order valence-corrected chi connectivity index (χ2v) is 8.75. The molecule has 0 bridgehead atoms. The SMILES string of the molecule is COCc1c(C(=O)N2CCN(c3ccc(C(F)(F)F)cc3[N+](=O)[O-])CC2)sc2cccc(F)c12. The average Bonchev–Trinajstić information content (AvgIpc) is 3.17. The van der Waals surface area contributed by atoms with Gasteiger partial charge in [-0.3, -0.25) is 14.9 Å². The van der Waals surface area contributed by atoms with E-state index in [9.17, 15) is 32.5 Å². The lowest BCUT2D eigenvalue weighted by Crippen LogP contribution is -2.49. The number of carbonyl (C=O) groups is 1. The molecule has 1 amide bonds. The minimum atomic E-state index is -4.70. The van der Waals surface area contributed by atoms with E-state index in [0.717, 1.165) is 12.1 Å². The van der Waals surface area contributed by atoms with Crippen LogP contribution in [0, 0.1) is 15.9 Å². The maximum atomic E-state index is 14.4. The normalized spacial score (nSPS) is 14.6. The number of alkyl halides is 3. The largest absolute Gasteiger partial charge is 0.416 e. The van der Waals surface area contributed by atoms with Crippen molar-refractivity contribution in [2.45, 2.75) is 12.8 Å². The first-order valence-electron chi connectivity index (χ1n) is 10.2. The number of carbonyl (C=O) groups excluding carboxylic acids is 1. The number of hydrogen-bond acceptors (Lipinski definition) is 6. The number of fused-ring (bicyclic) bond motifs is 1. The number of nitro groups is 1. The molecule has 4 rings (SSSR count). The van der Waals surface area contributed by atoms with E-state index in [1.807, 2.05) is 0 Å². The van der Waals surface area contributed by atoms with Crippen LogP contribution in [0.1, 0.15) is 20.8 Å². The van der Waals surface area contributed by atoms with Gasteiger partial charge in [-0.05, 0) is 24.3 Å². The van der Waals surface area contributed by atoms with E-state index in [1.54, 1.807) is 21.9 Å². The number of nitrogens with zero attached hydrogens (tertiary/aromatic N) is 3. The number of benzene rings is 2. The minimum Gasteiger partial charge on any atom is -0.380 e. The third-order valence-corrected chi connectivity index (χ3v) is 6.84. The zero-order valence-electron chi connectivity index (χ0n) is 17.9. The molecule has 3 aromatic rings. The van der Waals surface area contributed by atoms with Crippen LogP contribution in [-0.2, 0) is 17.5 Å². The van der Waals surface area contributed by atoms with Gasteiger partial charge in [0.15, 0.2) is 0 Å². The molecule has 2 heterocycles. The highest BCUT2D eigenvalue weighted by Crippen LogP contribution is 2.38. The average molecular weight is 497 g/mol. The van der Waals surface area contributed by atoms with E-state index in [0.29, 0.717) is 26.6 Å². The molecule has 1 saturated heterocycles. The van der Waals surface area contributed by atoms with Crippen molar-refractivity contribution in [1.82, 2.24) is 4.90 Å². The first-order valence-corrected chi connectivity index (χ1v) is 11.0. The Bertz CT molecular complexity index is 1250. The number of thiophene rings is 1. The molecule has 180 valence electrons. The number of piperazine rings is 1. The summed E-state index contributed by atoms with van der Waals surface area (Å²) in [6.07, 6.45) is -4.70. The molecule has 1 fully saturated rings. The summed E-state index contributed by atoms with van der Waals surface area (Å²) in [6, 6.07) is 7.02. The molecule has 2 aromatic carbocycles. The lowest BCUT2D eigenvalue weighted by atomic mass is 10.1. The van der Waals surface area contributed by atoms with E-state index in [-0.39, 0.29) is 44.4 Å². The Kier molecular flexibility index (Phi) is 6.45. The summed E-state index contributed by atoms with van der Waals surface area (Å²) in [6.45, 7) is 0.827. The second kappa shape index (κ2) is 9.18. The number of rotatable bonds is 5. The highest BCUT2D eigenvalue weighted by Gasteiger charge is 2.35. The zero-order chi connectivity index (χ0) is 24.6. The minimum absolute atomic E-state index is 0.0553. The molecule has 0 radical (unpaired) electrons. The van der Waals surface area contributed by atoms with Crippen molar-refractivity contribution in [3.8, 4) is 0 Å². The Labute approximate surface area is 195 Å². The maximum Gasteiger partial charge on any atom is 0.416 e. The topological polar surface area (TPSA) is 75.9 Å². The van der Waals surface area contributed by atoms with Crippen molar-refractivity contribution in [2.24, 2.45) is 0 Å². The number of amides is 1. The van der Waals surface area contributed by atoms with Crippen LogP contribution in [0.2, 0.25) is 0 Å². The lowest BCUT2D eigenvalue weighted by Gasteiger charge is -2.35. The van der Waals surface area contributed by atoms with Crippen molar-refractivity contribution >= 4 is 38.7 Å². The van der Waals surface area contributed by atoms with Crippen molar-refractivity contribution < 1.29 is 32.0 Å². The van der Waals surface area contributed by atoms with Crippen LogP contribution in [0.25, 0.3) is 10.1 Å². The molecule has 0 saturated carbocycles. The smallest absolute Gasteiger partial charge is 0.380 e. The number of nitro benzene ring substituents is 1. The van der Waals surface area contributed by atoms with E-state index < -0.39 is 28.2 Å². The van der Waals surface area contributed by atoms with Gasteiger partial charge in [-0.2, -0.15) is 13.2 Å². The number of ether oxygens (including phenoxy) is 1. The van der Waals surface area contributed by atoms with E-state index in [4.69, 9.17) is 4.74 Å². The Balaban J connectivity index is 1.56. The predicted molar refractivity (Wildman–Crippen MR) is 119 cm³/mol. The highest BCUT2D eigenvalue weighted by molar-refractivity contribution is 7.21. The van der Waals surface area contributed by atoms with Gasteiger partial charge in [0.2, 0.25) is 0 Å². The van der Waals surface area contributed by atoms with Gasteiger partial charge in [0.25, 0.3) is 11.6 Å². The predicted octanol–water partition coefficient (Wildman–Crippen LogP) is 5.08. The molecule has 34 heavy (non-hydrogen) atoms. The Hall–Kier alpha value is -3.25. The van der Waals surface area contributed by atoms with Crippen molar-refractivity contribution in [3.05, 3.63) is 68.3 Å². The van der Waals surface area contributed by atoms with E-state index >= 15 is 0 Å². The van der Waals surface area contributed by atoms with E-state index in [2.05, 4.69) is 0 Å². The molecule has 0 aliphatic carbocycles. The summed E-state index contributed by atoms with van der Waals surface area (Å²) in [4.78, 5) is 27.3. The molecule has 0 N–H and O–H groups in total. The summed E-state index contributed by atoms with van der Waals surface area (Å²) in [7, 11) is 1.45. The molecule has 0 unspecified atom stereocenters. The van der Waals surface area contributed by atoms with Gasteiger partial charge in [-0.25, -0.2) is 4.39 Å². The number of halogens is 4. The molecular weight excluding hydrogens is 478 g/mol. The zero-order valence-corrected chi connectivity index (χ0v) is 18.7. The van der Waals surface area contributed by atoms with Crippen LogP contribution in [0.4, 0.5) is 28.9 Å². The number of anilines is 1. The fraction of sp³-hybridized carbons (Fsp3) is 0.318. The summed E-state index contributed by atoms with van der Waals surface area (Å²) < 4.78 is 59.2. The highest BCUT2D eigenvalue weighted by atomic mass is 32.1. The summed E-state index contributed by atoms with van der Waals surface area (Å²) >= 11 is 1.17. The Morgan fingerprint density at radius 3 is 2.50 bits per heavy atom. The summed E-state index contributed by atoms with van der Waals surface area (Å²) in [5, 5.41) is 11.8. The first kappa shape index (κ1) is 23.9. The van der Waals surface area contributed by atoms with Gasteiger partial charge < -0.3 is 14.5 Å². The molecule has 0 spiro atoms. The quantitative estimate of drug-likeness (QED) is 0.279. The monoisotopic (exact) mass is 497 g/mol. The second-order valence-electron chi connectivity index (χ2n) is 7.69. The van der Waals surface area contributed by atoms with Gasteiger partial charge in [-0.15, -0.1) is 11.3 Å². The molecule has 1 aliphatic heterocycles. The van der Waals surface area contributed by atoms with Gasteiger partial charge in [0.05, 0.1) is 22.0 Å². The van der Waals surface area contributed by atoms with E-state index in [1.165, 1.54) is 24.5 Å². The van der Waals surface area contributed by atoms with Gasteiger partial charge in [0.1, 0.15) is 11.5 Å². The van der Waals surface area contributed by atoms with Crippen LogP contribution < -0.4 is 4.90 Å². The van der Waals surface area contributed by atoms with Crippen LogP contribution >= 0.6 is 11.3 Å². The van der Waals surface area contributed by atoms with Crippen LogP contribution in [0.5, 0.6) is 0 Å². The van der Waals surface area contributed by atoms with Crippen molar-refractivity contribution in [2.75, 3.05) is 38.2 Å².